The predicted molar refractivity (Wildman–Crippen MR) is 149 cm³/mol. The Morgan fingerprint density at radius 3 is 1.67 bits per heavy atom. The van der Waals surface area contributed by atoms with Gasteiger partial charge in [0.25, 0.3) is 0 Å². The zero-order valence-corrected chi connectivity index (χ0v) is 24.8. The molecule has 4 aliphatic carbocycles. The van der Waals surface area contributed by atoms with Gasteiger partial charge in [-0.3, -0.25) is 0 Å². The normalized spacial score (nSPS) is 42.1. The SMILES string of the molecule is C=CCCC1CCC([Si](C)(C)C2C3CC(C(C)(C)C)CCC3C3CCC(C(C)(C)C)CC32)C1. The highest BCUT2D eigenvalue weighted by atomic mass is 28.3. The third-order valence-corrected chi connectivity index (χ3v) is 17.3. The van der Waals surface area contributed by atoms with Crippen LogP contribution in [-0.2, 0) is 0 Å². The Morgan fingerprint density at radius 2 is 1.21 bits per heavy atom. The third-order valence-electron chi connectivity index (χ3n) is 12.1. The van der Waals surface area contributed by atoms with Crippen LogP contribution in [0.3, 0.4) is 0 Å². The fourth-order valence-electron chi connectivity index (χ4n) is 9.98. The molecule has 0 amide bonds. The molecule has 0 aromatic rings. The summed E-state index contributed by atoms with van der Waals surface area (Å²) < 4.78 is 0. The molecule has 1 heteroatoms. The summed E-state index contributed by atoms with van der Waals surface area (Å²) in [6, 6.07) is 0. The van der Waals surface area contributed by atoms with Crippen molar-refractivity contribution in [3.63, 3.8) is 0 Å². The minimum absolute atomic E-state index is 0.492. The van der Waals surface area contributed by atoms with Crippen LogP contribution >= 0.6 is 0 Å². The van der Waals surface area contributed by atoms with E-state index in [1.54, 1.807) is 38.5 Å². The highest BCUT2D eigenvalue weighted by Crippen LogP contribution is 2.68. The molecule has 0 aromatic heterocycles. The first kappa shape index (κ1) is 26.0. The zero-order valence-electron chi connectivity index (χ0n) is 23.8. The molecule has 4 saturated carbocycles. The standard InChI is InChI=1S/C32H58Si/c1-10-11-12-22-13-16-25(19-22)33(8,9)30-28-20-23(31(2,3)4)14-17-26(28)27-18-15-24(21-29(27)30)32(5,6)7/h10,22-30H,1,11-21H2,2-9H3. The molecule has 4 fully saturated rings. The van der Waals surface area contributed by atoms with E-state index in [-0.39, 0.29) is 0 Å². The summed E-state index contributed by atoms with van der Waals surface area (Å²) in [7, 11) is -1.34. The second kappa shape index (κ2) is 9.44. The lowest BCUT2D eigenvalue weighted by molar-refractivity contribution is 0.0722. The van der Waals surface area contributed by atoms with Gasteiger partial charge in [0.15, 0.2) is 0 Å². The molecule has 0 radical (unpaired) electrons. The van der Waals surface area contributed by atoms with Crippen molar-refractivity contribution in [1.29, 1.82) is 0 Å². The van der Waals surface area contributed by atoms with E-state index in [1.807, 2.05) is 0 Å². The van der Waals surface area contributed by atoms with Crippen LogP contribution in [0.15, 0.2) is 12.7 Å². The van der Waals surface area contributed by atoms with Crippen molar-refractivity contribution in [2.75, 3.05) is 0 Å². The van der Waals surface area contributed by atoms with E-state index in [1.165, 1.54) is 32.1 Å². The van der Waals surface area contributed by atoms with Gasteiger partial charge in [0.1, 0.15) is 0 Å². The van der Waals surface area contributed by atoms with Crippen molar-refractivity contribution < 1.29 is 0 Å². The zero-order chi connectivity index (χ0) is 24.2. The topological polar surface area (TPSA) is 0 Å². The van der Waals surface area contributed by atoms with E-state index in [0.717, 1.165) is 52.5 Å². The lowest BCUT2D eigenvalue weighted by Crippen LogP contribution is -2.45. The molecular weight excluding hydrogens is 412 g/mol. The molecule has 0 heterocycles. The third kappa shape index (κ3) is 5.10. The van der Waals surface area contributed by atoms with Crippen LogP contribution in [0.4, 0.5) is 0 Å². The molecule has 33 heavy (non-hydrogen) atoms. The summed E-state index contributed by atoms with van der Waals surface area (Å²) in [6.45, 7) is 25.0. The first-order chi connectivity index (χ1) is 15.3. The van der Waals surface area contributed by atoms with Gasteiger partial charge in [-0.25, -0.2) is 0 Å². The summed E-state index contributed by atoms with van der Waals surface area (Å²) in [4.78, 5) is 0. The van der Waals surface area contributed by atoms with E-state index >= 15 is 0 Å². The number of allylic oxidation sites excluding steroid dienone is 1. The number of fused-ring (bicyclic) bond motifs is 3. The van der Waals surface area contributed by atoms with E-state index in [0.29, 0.717) is 10.8 Å². The maximum atomic E-state index is 4.01. The molecule has 0 saturated heterocycles. The van der Waals surface area contributed by atoms with Gasteiger partial charge in [0, 0.05) is 0 Å². The molecule has 0 aliphatic heterocycles. The molecule has 0 N–H and O–H groups in total. The number of hydrogen-bond donors (Lipinski definition) is 0. The lowest BCUT2D eigenvalue weighted by Gasteiger charge is -2.48. The van der Waals surface area contributed by atoms with Crippen LogP contribution in [-0.4, -0.2) is 8.07 Å². The van der Waals surface area contributed by atoms with Crippen LogP contribution in [0.5, 0.6) is 0 Å². The number of hydrogen-bond acceptors (Lipinski definition) is 0. The quantitative estimate of drug-likeness (QED) is 0.277. The minimum atomic E-state index is -1.34. The van der Waals surface area contributed by atoms with Gasteiger partial charge in [0.05, 0.1) is 8.07 Å². The van der Waals surface area contributed by atoms with Gasteiger partial charge in [-0.05, 0) is 121 Å². The van der Waals surface area contributed by atoms with Crippen LogP contribution < -0.4 is 0 Å². The summed E-state index contributed by atoms with van der Waals surface area (Å²) in [5.74, 6) is 7.17. The second-order valence-corrected chi connectivity index (χ2v) is 21.1. The molecule has 0 spiro atoms. The van der Waals surface area contributed by atoms with Crippen molar-refractivity contribution in [3.05, 3.63) is 12.7 Å². The predicted octanol–water partition coefficient (Wildman–Crippen LogP) is 10.4. The minimum Gasteiger partial charge on any atom is -0.103 e. The number of rotatable bonds is 5. The first-order valence-corrected chi connectivity index (χ1v) is 18.1. The fraction of sp³-hybridized carbons (Fsp3) is 0.938. The largest absolute Gasteiger partial charge is 0.103 e. The summed E-state index contributed by atoms with van der Waals surface area (Å²) in [5.41, 5.74) is 3.17. The molecule has 8 unspecified atom stereocenters. The Balaban J connectivity index is 1.62. The average Bonchev–Trinajstić information content (AvgIpc) is 3.33. The molecule has 4 aliphatic rings. The molecule has 0 bridgehead atoms. The Kier molecular flexibility index (Phi) is 7.45. The van der Waals surface area contributed by atoms with Crippen molar-refractivity contribution in [2.45, 2.75) is 136 Å². The van der Waals surface area contributed by atoms with Crippen molar-refractivity contribution in [3.8, 4) is 0 Å². The van der Waals surface area contributed by atoms with Crippen LogP contribution in [0.1, 0.15) is 112 Å². The molecular formula is C32H58Si. The van der Waals surface area contributed by atoms with Gasteiger partial charge in [0.2, 0.25) is 0 Å². The highest BCUT2D eigenvalue weighted by molar-refractivity contribution is 6.80. The Hall–Kier alpha value is -0.0431. The Labute approximate surface area is 209 Å². The maximum Gasteiger partial charge on any atom is 0.0541 e. The van der Waals surface area contributed by atoms with E-state index in [9.17, 15) is 0 Å². The smallest absolute Gasteiger partial charge is 0.0541 e. The second-order valence-electron chi connectivity index (χ2n) is 16.0. The summed E-state index contributed by atoms with van der Waals surface area (Å²) in [5, 5.41) is 0. The van der Waals surface area contributed by atoms with Crippen LogP contribution in [0.25, 0.3) is 0 Å². The van der Waals surface area contributed by atoms with E-state index in [4.69, 9.17) is 0 Å². The highest BCUT2D eigenvalue weighted by Gasteiger charge is 2.60. The van der Waals surface area contributed by atoms with E-state index in [2.05, 4.69) is 67.3 Å². The Bertz CT molecular complexity index is 638. The first-order valence-electron chi connectivity index (χ1n) is 14.9. The van der Waals surface area contributed by atoms with Crippen LogP contribution in [0, 0.1) is 52.3 Å². The van der Waals surface area contributed by atoms with Crippen molar-refractivity contribution >= 4 is 8.07 Å². The average molecular weight is 471 g/mol. The Morgan fingerprint density at radius 1 is 0.697 bits per heavy atom. The van der Waals surface area contributed by atoms with Crippen LogP contribution in [0.2, 0.25) is 24.2 Å². The molecule has 190 valence electrons. The monoisotopic (exact) mass is 470 g/mol. The lowest BCUT2D eigenvalue weighted by atomic mass is 9.62. The molecule has 0 nitrogen and oxygen atoms in total. The molecule has 8 atom stereocenters. The van der Waals surface area contributed by atoms with Gasteiger partial charge in [-0.15, -0.1) is 6.58 Å². The van der Waals surface area contributed by atoms with Gasteiger partial charge in [-0.2, -0.15) is 0 Å². The van der Waals surface area contributed by atoms with Gasteiger partial charge < -0.3 is 0 Å². The van der Waals surface area contributed by atoms with Gasteiger partial charge in [-0.1, -0.05) is 73.6 Å². The van der Waals surface area contributed by atoms with E-state index < -0.39 is 8.07 Å². The fourth-order valence-corrected chi connectivity index (χ4v) is 15.3. The van der Waals surface area contributed by atoms with Gasteiger partial charge >= 0.3 is 0 Å². The maximum absolute atomic E-state index is 4.01. The summed E-state index contributed by atoms with van der Waals surface area (Å²) in [6.07, 6.45) is 18.7. The van der Waals surface area contributed by atoms with Crippen molar-refractivity contribution in [2.24, 2.45) is 52.3 Å². The summed E-state index contributed by atoms with van der Waals surface area (Å²) >= 11 is 0. The molecule has 0 aromatic carbocycles. The molecule has 4 rings (SSSR count). The van der Waals surface area contributed by atoms with Crippen molar-refractivity contribution in [1.82, 2.24) is 0 Å².